The van der Waals surface area contributed by atoms with Crippen molar-refractivity contribution >= 4 is 12.6 Å². The SMILES string of the molecule is COc1ccc(-c2cc(F)c(B(O)O)c(F)c2)cc1. The fourth-order valence-corrected chi connectivity index (χ4v) is 1.78. The maximum Gasteiger partial charge on any atom is 0.494 e. The summed E-state index contributed by atoms with van der Waals surface area (Å²) in [5.74, 6) is -1.37. The molecule has 0 aliphatic rings. The van der Waals surface area contributed by atoms with E-state index in [1.807, 2.05) is 0 Å². The van der Waals surface area contributed by atoms with Gasteiger partial charge in [0.25, 0.3) is 0 Å². The minimum Gasteiger partial charge on any atom is -0.497 e. The topological polar surface area (TPSA) is 49.7 Å². The van der Waals surface area contributed by atoms with Crippen LogP contribution in [0.1, 0.15) is 0 Å². The predicted octanol–water partition coefficient (Wildman–Crippen LogP) is 1.32. The summed E-state index contributed by atoms with van der Waals surface area (Å²) in [4.78, 5) is 0. The largest absolute Gasteiger partial charge is 0.497 e. The van der Waals surface area contributed by atoms with Crippen molar-refractivity contribution in [1.82, 2.24) is 0 Å². The molecule has 2 aromatic rings. The van der Waals surface area contributed by atoms with E-state index < -0.39 is 24.2 Å². The van der Waals surface area contributed by atoms with E-state index in [4.69, 9.17) is 14.8 Å². The minimum atomic E-state index is -2.18. The van der Waals surface area contributed by atoms with Crippen LogP contribution >= 0.6 is 0 Å². The molecule has 0 saturated heterocycles. The Hall–Kier alpha value is -1.92. The zero-order valence-electron chi connectivity index (χ0n) is 10.1. The number of hydrogen-bond donors (Lipinski definition) is 2. The summed E-state index contributed by atoms with van der Waals surface area (Å²) in [5.41, 5.74) is 0.150. The van der Waals surface area contributed by atoms with Crippen LogP contribution in [0.3, 0.4) is 0 Å². The lowest BCUT2D eigenvalue weighted by atomic mass is 9.78. The average molecular weight is 264 g/mol. The molecule has 6 heteroatoms. The smallest absolute Gasteiger partial charge is 0.494 e. The molecule has 2 aromatic carbocycles. The summed E-state index contributed by atoms with van der Waals surface area (Å²) >= 11 is 0. The van der Waals surface area contributed by atoms with Crippen LogP contribution in [0.4, 0.5) is 8.78 Å². The lowest BCUT2D eigenvalue weighted by molar-refractivity contribution is 0.415. The molecular formula is C13H11BF2O3. The lowest BCUT2D eigenvalue weighted by Gasteiger charge is -2.08. The van der Waals surface area contributed by atoms with Gasteiger partial charge in [0.15, 0.2) is 0 Å². The molecule has 0 heterocycles. The molecule has 19 heavy (non-hydrogen) atoms. The Morgan fingerprint density at radius 1 is 0.947 bits per heavy atom. The highest BCUT2D eigenvalue weighted by Crippen LogP contribution is 2.23. The van der Waals surface area contributed by atoms with Gasteiger partial charge in [-0.15, -0.1) is 0 Å². The van der Waals surface area contributed by atoms with Crippen LogP contribution in [-0.4, -0.2) is 24.3 Å². The lowest BCUT2D eigenvalue weighted by Crippen LogP contribution is -2.35. The molecule has 0 aromatic heterocycles. The van der Waals surface area contributed by atoms with Gasteiger partial charge in [0.05, 0.1) is 12.6 Å². The van der Waals surface area contributed by atoms with Crippen LogP contribution in [-0.2, 0) is 0 Å². The van der Waals surface area contributed by atoms with Gasteiger partial charge in [-0.2, -0.15) is 0 Å². The maximum atomic E-state index is 13.6. The van der Waals surface area contributed by atoms with Crippen LogP contribution in [0.5, 0.6) is 5.75 Å². The Morgan fingerprint density at radius 2 is 1.47 bits per heavy atom. The predicted molar refractivity (Wildman–Crippen MR) is 68.2 cm³/mol. The number of hydrogen-bond acceptors (Lipinski definition) is 3. The van der Waals surface area contributed by atoms with Gasteiger partial charge in [0.2, 0.25) is 0 Å². The van der Waals surface area contributed by atoms with E-state index in [1.165, 1.54) is 7.11 Å². The molecule has 3 nitrogen and oxygen atoms in total. The first-order chi connectivity index (χ1) is 9.02. The molecule has 0 unspecified atom stereocenters. The average Bonchev–Trinajstić information content (AvgIpc) is 2.37. The number of ether oxygens (including phenoxy) is 1. The van der Waals surface area contributed by atoms with Crippen molar-refractivity contribution in [3.05, 3.63) is 48.0 Å². The summed E-state index contributed by atoms with van der Waals surface area (Å²) < 4.78 is 32.2. The number of benzene rings is 2. The molecule has 98 valence electrons. The summed E-state index contributed by atoms with van der Waals surface area (Å²) in [5, 5.41) is 17.7. The van der Waals surface area contributed by atoms with E-state index in [1.54, 1.807) is 24.3 Å². The highest BCUT2D eigenvalue weighted by Gasteiger charge is 2.22. The second-order valence-electron chi connectivity index (χ2n) is 3.96. The van der Waals surface area contributed by atoms with Gasteiger partial charge in [-0.1, -0.05) is 12.1 Å². The second-order valence-corrected chi connectivity index (χ2v) is 3.96. The molecular weight excluding hydrogens is 253 g/mol. The van der Waals surface area contributed by atoms with Gasteiger partial charge in [-0.3, -0.25) is 0 Å². The first kappa shape index (κ1) is 13.5. The van der Waals surface area contributed by atoms with Crippen LogP contribution in [0, 0.1) is 11.6 Å². The molecule has 0 spiro atoms. The van der Waals surface area contributed by atoms with Crippen molar-refractivity contribution in [3.63, 3.8) is 0 Å². The van der Waals surface area contributed by atoms with Gasteiger partial charge >= 0.3 is 7.12 Å². The van der Waals surface area contributed by atoms with E-state index in [-0.39, 0.29) is 0 Å². The molecule has 0 aliphatic carbocycles. The zero-order valence-corrected chi connectivity index (χ0v) is 10.1. The Bertz CT molecular complexity index is 562. The fourth-order valence-electron chi connectivity index (χ4n) is 1.78. The van der Waals surface area contributed by atoms with Crippen molar-refractivity contribution in [3.8, 4) is 16.9 Å². The van der Waals surface area contributed by atoms with Gasteiger partial charge < -0.3 is 14.8 Å². The molecule has 0 amide bonds. The highest BCUT2D eigenvalue weighted by molar-refractivity contribution is 6.58. The van der Waals surface area contributed by atoms with Crippen molar-refractivity contribution in [1.29, 1.82) is 0 Å². The van der Waals surface area contributed by atoms with Crippen LogP contribution in [0.15, 0.2) is 36.4 Å². The molecule has 0 saturated carbocycles. The van der Waals surface area contributed by atoms with Gasteiger partial charge in [0.1, 0.15) is 17.4 Å². The number of rotatable bonds is 3. The van der Waals surface area contributed by atoms with Crippen LogP contribution in [0.2, 0.25) is 0 Å². The molecule has 0 atom stereocenters. The van der Waals surface area contributed by atoms with Gasteiger partial charge in [-0.05, 0) is 35.4 Å². The molecule has 0 fully saturated rings. The first-order valence-corrected chi connectivity index (χ1v) is 5.52. The van der Waals surface area contributed by atoms with Crippen molar-refractivity contribution in [2.45, 2.75) is 0 Å². The quantitative estimate of drug-likeness (QED) is 0.822. The van der Waals surface area contributed by atoms with Crippen molar-refractivity contribution < 1.29 is 23.6 Å². The Balaban J connectivity index is 2.45. The fraction of sp³-hybridized carbons (Fsp3) is 0.0769. The summed E-state index contributed by atoms with van der Waals surface area (Å²) in [6, 6.07) is 8.75. The molecule has 2 rings (SSSR count). The van der Waals surface area contributed by atoms with E-state index in [0.29, 0.717) is 16.9 Å². The molecule has 2 N–H and O–H groups in total. The standard InChI is InChI=1S/C13H11BF2O3/c1-19-10-4-2-8(3-5-10)9-6-11(15)13(14(17)18)12(16)7-9/h2-7,17-18H,1H3. The van der Waals surface area contributed by atoms with Gasteiger partial charge in [0, 0.05) is 0 Å². The third-order valence-corrected chi connectivity index (χ3v) is 2.76. The van der Waals surface area contributed by atoms with E-state index in [9.17, 15) is 8.78 Å². The molecule has 0 radical (unpaired) electrons. The highest BCUT2D eigenvalue weighted by atomic mass is 19.1. The van der Waals surface area contributed by atoms with Crippen LogP contribution in [0.25, 0.3) is 11.1 Å². The summed E-state index contributed by atoms with van der Waals surface area (Å²) in [6.07, 6.45) is 0. The van der Waals surface area contributed by atoms with Gasteiger partial charge in [-0.25, -0.2) is 8.78 Å². The normalized spacial score (nSPS) is 10.4. The Kier molecular flexibility index (Phi) is 3.83. The maximum absolute atomic E-state index is 13.6. The molecule has 0 bridgehead atoms. The van der Waals surface area contributed by atoms with Crippen molar-refractivity contribution in [2.75, 3.05) is 7.11 Å². The Labute approximate surface area is 109 Å². The zero-order chi connectivity index (χ0) is 14.0. The second kappa shape index (κ2) is 5.38. The summed E-state index contributed by atoms with van der Waals surface area (Å²) in [6.45, 7) is 0. The van der Waals surface area contributed by atoms with Crippen LogP contribution < -0.4 is 10.2 Å². The number of halogens is 2. The van der Waals surface area contributed by atoms with E-state index in [0.717, 1.165) is 12.1 Å². The summed E-state index contributed by atoms with van der Waals surface area (Å²) in [7, 11) is -0.656. The third-order valence-electron chi connectivity index (χ3n) is 2.76. The molecule has 0 aliphatic heterocycles. The van der Waals surface area contributed by atoms with E-state index >= 15 is 0 Å². The first-order valence-electron chi connectivity index (χ1n) is 5.52. The number of methoxy groups -OCH3 is 1. The van der Waals surface area contributed by atoms with Crippen molar-refractivity contribution in [2.24, 2.45) is 0 Å². The van der Waals surface area contributed by atoms with E-state index in [2.05, 4.69) is 0 Å². The monoisotopic (exact) mass is 264 g/mol. The minimum absolute atomic E-state index is 0.307. The Morgan fingerprint density at radius 3 is 1.89 bits per heavy atom. The third kappa shape index (κ3) is 2.75.